The number of hydrogen-bond acceptors (Lipinski definition) is 2. The Morgan fingerprint density at radius 3 is 2.45 bits per heavy atom. The first-order valence-corrected chi connectivity index (χ1v) is 3.98. The first kappa shape index (κ1) is 11.2. The van der Waals surface area contributed by atoms with Crippen LogP contribution in [0.4, 0.5) is 0 Å². The Morgan fingerprint density at radius 1 is 1.45 bits per heavy atom. The minimum atomic E-state index is 0. The standard InChI is InChI=1S/C8H18N2.ClH/c1-8(7-10(2)3)4-5-9-6-8;/h9H,4-7H2,1-3H3;1H. The summed E-state index contributed by atoms with van der Waals surface area (Å²) in [7, 11) is 4.28. The summed E-state index contributed by atoms with van der Waals surface area (Å²) < 4.78 is 0. The van der Waals surface area contributed by atoms with Crippen molar-refractivity contribution in [1.29, 1.82) is 0 Å². The molecule has 2 nitrogen and oxygen atoms in total. The smallest absolute Gasteiger partial charge is 0.00419 e. The molecule has 1 saturated heterocycles. The Balaban J connectivity index is 0.000001000. The number of rotatable bonds is 2. The second-order valence-electron chi connectivity index (χ2n) is 3.98. The van der Waals surface area contributed by atoms with Crippen molar-refractivity contribution >= 4 is 12.4 Å². The summed E-state index contributed by atoms with van der Waals surface area (Å²) in [5.41, 5.74) is 0.531. The maximum absolute atomic E-state index is 3.39. The van der Waals surface area contributed by atoms with Crippen molar-refractivity contribution in [2.24, 2.45) is 5.41 Å². The molecule has 1 atom stereocenters. The molecule has 68 valence electrons. The lowest BCUT2D eigenvalue weighted by Crippen LogP contribution is -2.32. The molecule has 3 heteroatoms. The normalized spacial score (nSPS) is 30.5. The van der Waals surface area contributed by atoms with E-state index >= 15 is 0 Å². The van der Waals surface area contributed by atoms with Crippen molar-refractivity contribution in [1.82, 2.24) is 10.2 Å². The second kappa shape index (κ2) is 4.29. The average Bonchev–Trinajstić information content (AvgIpc) is 2.12. The summed E-state index contributed by atoms with van der Waals surface area (Å²) >= 11 is 0. The Bertz CT molecular complexity index is 109. The van der Waals surface area contributed by atoms with Gasteiger partial charge in [-0.2, -0.15) is 0 Å². The molecule has 0 bridgehead atoms. The minimum absolute atomic E-state index is 0. The number of halogens is 1. The quantitative estimate of drug-likeness (QED) is 0.678. The van der Waals surface area contributed by atoms with Gasteiger partial charge in [0.15, 0.2) is 0 Å². The van der Waals surface area contributed by atoms with E-state index in [0.717, 1.165) is 0 Å². The molecule has 1 aliphatic heterocycles. The van der Waals surface area contributed by atoms with Crippen molar-refractivity contribution < 1.29 is 0 Å². The van der Waals surface area contributed by atoms with Crippen LogP contribution in [0.1, 0.15) is 13.3 Å². The van der Waals surface area contributed by atoms with Crippen molar-refractivity contribution in [2.75, 3.05) is 33.7 Å². The van der Waals surface area contributed by atoms with Gasteiger partial charge in [0, 0.05) is 13.1 Å². The molecular weight excluding hydrogens is 160 g/mol. The zero-order chi connectivity index (χ0) is 7.61. The van der Waals surface area contributed by atoms with E-state index in [0.29, 0.717) is 5.41 Å². The highest BCUT2D eigenvalue weighted by Gasteiger charge is 2.28. The molecule has 0 radical (unpaired) electrons. The highest BCUT2D eigenvalue weighted by atomic mass is 35.5. The SMILES string of the molecule is CN(C)CC1(C)CCNC1.Cl. The van der Waals surface area contributed by atoms with Crippen LogP contribution in [0.15, 0.2) is 0 Å². The summed E-state index contributed by atoms with van der Waals surface area (Å²) in [6.45, 7) is 5.95. The van der Waals surface area contributed by atoms with E-state index in [2.05, 4.69) is 31.2 Å². The molecule has 1 heterocycles. The fourth-order valence-electron chi connectivity index (χ4n) is 1.77. The van der Waals surface area contributed by atoms with Gasteiger partial charge in [-0.3, -0.25) is 0 Å². The zero-order valence-corrected chi connectivity index (χ0v) is 8.50. The van der Waals surface area contributed by atoms with Crippen LogP contribution in [0.2, 0.25) is 0 Å². The predicted octanol–water partition coefficient (Wildman–Crippen LogP) is 0.969. The summed E-state index contributed by atoms with van der Waals surface area (Å²) in [6.07, 6.45) is 1.32. The molecule has 11 heavy (non-hydrogen) atoms. The Kier molecular flexibility index (Phi) is 4.37. The Labute approximate surface area is 75.8 Å². The van der Waals surface area contributed by atoms with Crippen molar-refractivity contribution in [2.45, 2.75) is 13.3 Å². The monoisotopic (exact) mass is 178 g/mol. The Morgan fingerprint density at radius 2 is 2.09 bits per heavy atom. The molecule has 1 aliphatic rings. The van der Waals surface area contributed by atoms with Gasteiger partial charge in [-0.05, 0) is 32.5 Å². The van der Waals surface area contributed by atoms with Crippen molar-refractivity contribution in [3.63, 3.8) is 0 Å². The average molecular weight is 179 g/mol. The lowest BCUT2D eigenvalue weighted by atomic mass is 9.89. The fourth-order valence-corrected chi connectivity index (χ4v) is 1.77. The molecule has 0 aliphatic carbocycles. The first-order valence-electron chi connectivity index (χ1n) is 3.98. The maximum Gasteiger partial charge on any atom is 0.00419 e. The van der Waals surface area contributed by atoms with Gasteiger partial charge in [0.05, 0.1) is 0 Å². The van der Waals surface area contributed by atoms with Crippen LogP contribution in [0.5, 0.6) is 0 Å². The van der Waals surface area contributed by atoms with Gasteiger partial charge in [-0.15, -0.1) is 12.4 Å². The number of nitrogens with zero attached hydrogens (tertiary/aromatic N) is 1. The molecule has 1 unspecified atom stereocenters. The predicted molar refractivity (Wildman–Crippen MR) is 51.4 cm³/mol. The van der Waals surface area contributed by atoms with Gasteiger partial charge < -0.3 is 10.2 Å². The van der Waals surface area contributed by atoms with E-state index in [1.54, 1.807) is 0 Å². The molecule has 1 rings (SSSR count). The fraction of sp³-hybridized carbons (Fsp3) is 1.00. The van der Waals surface area contributed by atoms with Crippen LogP contribution < -0.4 is 5.32 Å². The van der Waals surface area contributed by atoms with E-state index in [1.807, 2.05) is 0 Å². The van der Waals surface area contributed by atoms with Gasteiger partial charge >= 0.3 is 0 Å². The van der Waals surface area contributed by atoms with Crippen molar-refractivity contribution in [3.8, 4) is 0 Å². The third-order valence-corrected chi connectivity index (χ3v) is 2.16. The van der Waals surface area contributed by atoms with E-state index in [1.165, 1.54) is 26.1 Å². The molecule has 1 N–H and O–H groups in total. The van der Waals surface area contributed by atoms with Crippen LogP contribution in [0, 0.1) is 5.41 Å². The second-order valence-corrected chi connectivity index (χ2v) is 3.98. The van der Waals surface area contributed by atoms with E-state index in [4.69, 9.17) is 0 Å². The van der Waals surface area contributed by atoms with Crippen LogP contribution in [-0.4, -0.2) is 38.6 Å². The van der Waals surface area contributed by atoms with Gasteiger partial charge in [-0.1, -0.05) is 6.92 Å². The summed E-state index contributed by atoms with van der Waals surface area (Å²) in [5.74, 6) is 0. The van der Waals surface area contributed by atoms with Gasteiger partial charge in [0.1, 0.15) is 0 Å². The summed E-state index contributed by atoms with van der Waals surface area (Å²) in [6, 6.07) is 0. The molecule has 0 aromatic carbocycles. The highest BCUT2D eigenvalue weighted by molar-refractivity contribution is 5.85. The van der Waals surface area contributed by atoms with Crippen LogP contribution in [0.3, 0.4) is 0 Å². The molecule has 0 spiro atoms. The van der Waals surface area contributed by atoms with Gasteiger partial charge in [0.25, 0.3) is 0 Å². The topological polar surface area (TPSA) is 15.3 Å². The van der Waals surface area contributed by atoms with Crippen LogP contribution >= 0.6 is 12.4 Å². The molecule has 1 fully saturated rings. The van der Waals surface area contributed by atoms with Gasteiger partial charge in [0.2, 0.25) is 0 Å². The molecule has 0 aromatic rings. The lowest BCUT2D eigenvalue weighted by Gasteiger charge is -2.26. The summed E-state index contributed by atoms with van der Waals surface area (Å²) in [4.78, 5) is 2.27. The third kappa shape index (κ3) is 3.41. The molecule has 0 aromatic heterocycles. The lowest BCUT2D eigenvalue weighted by molar-refractivity contribution is 0.240. The van der Waals surface area contributed by atoms with E-state index < -0.39 is 0 Å². The third-order valence-electron chi connectivity index (χ3n) is 2.16. The summed E-state index contributed by atoms with van der Waals surface area (Å²) in [5, 5.41) is 3.39. The van der Waals surface area contributed by atoms with Crippen LogP contribution in [0.25, 0.3) is 0 Å². The highest BCUT2D eigenvalue weighted by Crippen LogP contribution is 2.24. The van der Waals surface area contributed by atoms with E-state index in [9.17, 15) is 0 Å². The van der Waals surface area contributed by atoms with Crippen molar-refractivity contribution in [3.05, 3.63) is 0 Å². The number of nitrogens with one attached hydrogen (secondary N) is 1. The van der Waals surface area contributed by atoms with E-state index in [-0.39, 0.29) is 12.4 Å². The minimum Gasteiger partial charge on any atom is -0.316 e. The van der Waals surface area contributed by atoms with Gasteiger partial charge in [-0.25, -0.2) is 0 Å². The van der Waals surface area contributed by atoms with Crippen LogP contribution in [-0.2, 0) is 0 Å². The number of hydrogen-bond donors (Lipinski definition) is 1. The Hall–Kier alpha value is 0.210. The molecule has 0 saturated carbocycles. The molecule has 0 amide bonds. The largest absolute Gasteiger partial charge is 0.316 e. The molecular formula is C8H19ClN2. The first-order chi connectivity index (χ1) is 4.62. The maximum atomic E-state index is 3.39. The zero-order valence-electron chi connectivity index (χ0n) is 7.68.